The van der Waals surface area contributed by atoms with Gasteiger partial charge in [-0.3, -0.25) is 0 Å². The van der Waals surface area contributed by atoms with Crippen LogP contribution in [0.5, 0.6) is 17.2 Å². The molecule has 1 heterocycles. The van der Waals surface area contributed by atoms with Gasteiger partial charge in [0.2, 0.25) is 0 Å². The maximum atomic E-state index is 11.1. The number of hydrogen-bond acceptors (Lipinski definition) is 4. The molecule has 1 aliphatic rings. The average molecular weight is 324 g/mol. The Morgan fingerprint density at radius 3 is 2.62 bits per heavy atom. The predicted molar refractivity (Wildman–Crippen MR) is 93.2 cm³/mol. The molecule has 0 atom stereocenters. The van der Waals surface area contributed by atoms with Gasteiger partial charge in [-0.2, -0.15) is 0 Å². The lowest BCUT2D eigenvalue weighted by atomic mass is 9.97. The van der Waals surface area contributed by atoms with Gasteiger partial charge in [-0.1, -0.05) is 12.1 Å². The molecule has 24 heavy (non-hydrogen) atoms. The van der Waals surface area contributed by atoms with E-state index in [1.54, 1.807) is 25.1 Å². The molecule has 0 radical (unpaired) electrons. The van der Waals surface area contributed by atoms with Crippen molar-refractivity contribution in [1.29, 1.82) is 0 Å². The number of ketones is 1. The third kappa shape index (κ3) is 3.59. The van der Waals surface area contributed by atoms with Crippen molar-refractivity contribution in [3.8, 4) is 17.2 Å². The van der Waals surface area contributed by atoms with Crippen LogP contribution in [0.15, 0.2) is 36.4 Å². The molecular weight excluding hydrogens is 304 g/mol. The molecule has 4 nitrogen and oxygen atoms in total. The first-order chi connectivity index (χ1) is 11.5. The fourth-order valence-corrected chi connectivity index (χ4v) is 2.83. The molecule has 0 fully saturated rings. The van der Waals surface area contributed by atoms with Crippen molar-refractivity contribution in [1.82, 2.24) is 0 Å². The zero-order valence-electron chi connectivity index (χ0n) is 13.6. The van der Waals surface area contributed by atoms with Gasteiger partial charge in [-0.05, 0) is 60.7 Å². The van der Waals surface area contributed by atoms with Crippen LogP contribution in [0.3, 0.4) is 0 Å². The predicted octanol–water partition coefficient (Wildman–Crippen LogP) is 3.94. The minimum absolute atomic E-state index is 0.158. The molecule has 0 unspecified atom stereocenters. The van der Waals surface area contributed by atoms with E-state index < -0.39 is 0 Å². The molecular formula is C20H20O4. The van der Waals surface area contributed by atoms with Gasteiger partial charge in [0, 0.05) is 18.1 Å². The van der Waals surface area contributed by atoms with Gasteiger partial charge in [-0.25, -0.2) is 0 Å². The summed E-state index contributed by atoms with van der Waals surface area (Å²) in [5.41, 5.74) is 3.74. The van der Waals surface area contributed by atoms with Crippen molar-refractivity contribution < 1.29 is 19.7 Å². The smallest absolute Gasteiger partial charge is 0.130 e. The molecule has 0 aliphatic carbocycles. The van der Waals surface area contributed by atoms with E-state index in [1.165, 1.54) is 0 Å². The van der Waals surface area contributed by atoms with E-state index in [0.717, 1.165) is 28.7 Å². The Bertz CT molecular complexity index is 788. The summed E-state index contributed by atoms with van der Waals surface area (Å²) in [5.74, 6) is 1.25. The van der Waals surface area contributed by atoms with Crippen molar-refractivity contribution in [2.75, 3.05) is 6.61 Å². The largest absolute Gasteiger partial charge is 0.508 e. The summed E-state index contributed by atoms with van der Waals surface area (Å²) in [6, 6.07) is 10.6. The van der Waals surface area contributed by atoms with Crippen molar-refractivity contribution in [3.05, 3.63) is 53.1 Å². The topological polar surface area (TPSA) is 66.8 Å². The molecule has 124 valence electrons. The molecule has 1 aliphatic heterocycles. The van der Waals surface area contributed by atoms with E-state index in [4.69, 9.17) is 4.74 Å². The zero-order chi connectivity index (χ0) is 17.1. The SMILES string of the molecule is CC(=O)CCCc1cc2c(cc1O)OCC(c1ccc(O)cc1)=C2. The van der Waals surface area contributed by atoms with E-state index in [0.29, 0.717) is 25.2 Å². The van der Waals surface area contributed by atoms with Crippen LogP contribution in [0, 0.1) is 0 Å². The van der Waals surface area contributed by atoms with Crippen LogP contribution in [0.25, 0.3) is 11.6 Å². The minimum Gasteiger partial charge on any atom is -0.508 e. The molecule has 4 heteroatoms. The number of benzene rings is 2. The van der Waals surface area contributed by atoms with Crippen LogP contribution in [0.4, 0.5) is 0 Å². The number of ether oxygens (including phenoxy) is 1. The number of phenols is 2. The third-order valence-electron chi connectivity index (χ3n) is 4.14. The highest BCUT2D eigenvalue weighted by Crippen LogP contribution is 2.36. The summed E-state index contributed by atoms with van der Waals surface area (Å²) in [6.07, 6.45) is 3.93. The van der Waals surface area contributed by atoms with E-state index in [-0.39, 0.29) is 17.3 Å². The average Bonchev–Trinajstić information content (AvgIpc) is 2.55. The molecule has 2 aromatic rings. The molecule has 0 bridgehead atoms. The van der Waals surface area contributed by atoms with Gasteiger partial charge in [-0.15, -0.1) is 0 Å². The Morgan fingerprint density at radius 1 is 1.17 bits per heavy atom. The van der Waals surface area contributed by atoms with E-state index >= 15 is 0 Å². The number of hydrogen-bond donors (Lipinski definition) is 2. The molecule has 0 aromatic heterocycles. The Kier molecular flexibility index (Phi) is 4.56. The number of phenolic OH excluding ortho intramolecular Hbond substituents is 2. The van der Waals surface area contributed by atoms with Crippen LogP contribution >= 0.6 is 0 Å². The van der Waals surface area contributed by atoms with Crippen LogP contribution in [0.2, 0.25) is 0 Å². The van der Waals surface area contributed by atoms with Gasteiger partial charge in [0.05, 0.1) is 0 Å². The van der Waals surface area contributed by atoms with Crippen LogP contribution in [-0.2, 0) is 11.2 Å². The van der Waals surface area contributed by atoms with E-state index in [9.17, 15) is 15.0 Å². The highest BCUT2D eigenvalue weighted by molar-refractivity contribution is 5.86. The fraction of sp³-hybridized carbons (Fsp3) is 0.250. The van der Waals surface area contributed by atoms with Crippen molar-refractivity contribution >= 4 is 17.4 Å². The van der Waals surface area contributed by atoms with Crippen molar-refractivity contribution in [3.63, 3.8) is 0 Å². The van der Waals surface area contributed by atoms with Crippen molar-refractivity contribution in [2.24, 2.45) is 0 Å². The highest BCUT2D eigenvalue weighted by atomic mass is 16.5. The van der Waals surface area contributed by atoms with Crippen molar-refractivity contribution in [2.45, 2.75) is 26.2 Å². The van der Waals surface area contributed by atoms with Crippen LogP contribution in [-0.4, -0.2) is 22.6 Å². The molecule has 0 saturated heterocycles. The van der Waals surface area contributed by atoms with Crippen LogP contribution in [0.1, 0.15) is 36.5 Å². The number of fused-ring (bicyclic) bond motifs is 1. The summed E-state index contributed by atoms with van der Waals surface area (Å²) in [5, 5.41) is 19.5. The normalized spacial score (nSPS) is 13.0. The standard InChI is InChI=1S/C20H20O4/c1-13(21)3-2-4-15-9-16-10-17(12-24-20(16)11-19(15)23)14-5-7-18(22)8-6-14/h5-11,22-23H,2-4,12H2,1H3. The number of aryl methyl sites for hydroxylation is 1. The maximum absolute atomic E-state index is 11.1. The minimum atomic E-state index is 0.158. The van der Waals surface area contributed by atoms with E-state index in [2.05, 4.69) is 0 Å². The number of aromatic hydroxyl groups is 2. The Labute approximate surface area is 141 Å². The zero-order valence-corrected chi connectivity index (χ0v) is 13.6. The molecule has 2 aromatic carbocycles. The van der Waals surface area contributed by atoms with E-state index in [1.807, 2.05) is 24.3 Å². The fourth-order valence-electron chi connectivity index (χ4n) is 2.83. The first kappa shape index (κ1) is 16.1. The Balaban J connectivity index is 1.86. The lowest BCUT2D eigenvalue weighted by Crippen LogP contribution is -2.07. The molecule has 2 N–H and O–H groups in total. The van der Waals surface area contributed by atoms with Gasteiger partial charge < -0.3 is 19.7 Å². The molecule has 3 rings (SSSR count). The summed E-state index contributed by atoms with van der Waals surface area (Å²) < 4.78 is 5.75. The second-order valence-electron chi connectivity index (χ2n) is 6.08. The second kappa shape index (κ2) is 6.79. The summed E-state index contributed by atoms with van der Waals surface area (Å²) in [6.45, 7) is 1.99. The Morgan fingerprint density at radius 2 is 1.92 bits per heavy atom. The third-order valence-corrected chi connectivity index (χ3v) is 4.14. The first-order valence-electron chi connectivity index (χ1n) is 8.01. The lowest BCUT2D eigenvalue weighted by molar-refractivity contribution is -0.117. The number of rotatable bonds is 5. The number of Topliss-reactive ketones (excluding diaryl/α,β-unsaturated/α-hetero) is 1. The first-order valence-corrected chi connectivity index (χ1v) is 8.01. The summed E-state index contributed by atoms with van der Waals surface area (Å²) in [7, 11) is 0. The number of carbonyl (C=O) groups is 1. The molecule has 0 saturated carbocycles. The maximum Gasteiger partial charge on any atom is 0.130 e. The quantitative estimate of drug-likeness (QED) is 0.874. The summed E-state index contributed by atoms with van der Waals surface area (Å²) >= 11 is 0. The Hall–Kier alpha value is -2.75. The second-order valence-corrected chi connectivity index (χ2v) is 6.08. The molecule has 0 amide bonds. The monoisotopic (exact) mass is 324 g/mol. The molecule has 0 spiro atoms. The number of carbonyl (C=O) groups excluding carboxylic acids is 1. The lowest BCUT2D eigenvalue weighted by Gasteiger charge is -2.20. The van der Waals surface area contributed by atoms with Crippen LogP contribution < -0.4 is 4.74 Å². The van der Waals surface area contributed by atoms with Gasteiger partial charge in [0.25, 0.3) is 0 Å². The van der Waals surface area contributed by atoms with Gasteiger partial charge in [0.15, 0.2) is 0 Å². The van der Waals surface area contributed by atoms with Gasteiger partial charge >= 0.3 is 0 Å². The van der Waals surface area contributed by atoms with Gasteiger partial charge in [0.1, 0.15) is 29.6 Å². The highest BCUT2D eigenvalue weighted by Gasteiger charge is 2.16. The summed E-state index contributed by atoms with van der Waals surface area (Å²) in [4.78, 5) is 11.1.